The predicted molar refractivity (Wildman–Crippen MR) is 318 cm³/mol. The molecule has 0 aromatic heterocycles. The topological polar surface area (TPSA) is 108 Å². The van der Waals surface area contributed by atoms with Crippen molar-refractivity contribution in [3.8, 4) is 0 Å². The first-order valence-electron chi connectivity index (χ1n) is 31.5. The van der Waals surface area contributed by atoms with Crippen molar-refractivity contribution in [2.45, 2.75) is 296 Å². The summed E-state index contributed by atoms with van der Waals surface area (Å²) in [7, 11) is 5.96. The number of likely N-dealkylation sites (N-methyl/N-ethyl adjacent to an activating group) is 1. The molecule has 0 aromatic carbocycles. The molecule has 0 fully saturated rings. The fraction of sp³-hybridized carbons (Fsp3) is 0.803. The van der Waals surface area contributed by atoms with Crippen LogP contribution in [-0.2, 0) is 33.3 Å². The van der Waals surface area contributed by atoms with Gasteiger partial charge in [0.25, 0.3) is 6.29 Å². The highest BCUT2D eigenvalue weighted by atomic mass is 16.7. The Morgan fingerprint density at radius 3 is 1.15 bits per heavy atom. The van der Waals surface area contributed by atoms with Gasteiger partial charge in [-0.1, -0.05) is 254 Å². The van der Waals surface area contributed by atoms with Crippen molar-refractivity contribution in [1.29, 1.82) is 0 Å². The monoisotopic (exact) mass is 1050 g/mol. The lowest BCUT2D eigenvalue weighted by molar-refractivity contribution is -0.870. The number of carbonyl (C=O) groups is 3. The lowest BCUT2D eigenvalue weighted by Gasteiger charge is -2.25. The Bertz CT molecular complexity index is 1410. The lowest BCUT2D eigenvalue weighted by Crippen LogP contribution is -2.40. The number of esters is 2. The van der Waals surface area contributed by atoms with Gasteiger partial charge in [-0.3, -0.25) is 9.59 Å². The van der Waals surface area contributed by atoms with Crippen molar-refractivity contribution >= 4 is 17.9 Å². The van der Waals surface area contributed by atoms with Gasteiger partial charge in [-0.15, -0.1) is 0 Å². The van der Waals surface area contributed by atoms with Gasteiger partial charge in [0.05, 0.1) is 34.4 Å². The third-order valence-corrected chi connectivity index (χ3v) is 13.8. The standard InChI is InChI=1S/C66H119NO8/c1-6-8-10-12-14-16-18-20-22-24-25-26-27-28-29-30-31-32-33-34-35-36-37-38-39-41-42-44-46-48-50-52-54-56-63(68)73-60-62(61-74-66(65(70)71)72-59-58-67(3,4)5)75-64(69)57-55-53-51-49-47-45-43-40-23-21-19-17-15-13-11-9-7-2/h9,11,15,17,21,23-25,43,45,62,66H,6-8,10,12-14,16,18-20,22,26-42,44,46-61H2,1-5H3/p+1/b11-9-,17-15-,23-21-,25-24-,45-43-. The van der Waals surface area contributed by atoms with E-state index in [2.05, 4.69) is 74.6 Å². The van der Waals surface area contributed by atoms with E-state index in [0.29, 0.717) is 23.9 Å². The fourth-order valence-electron chi connectivity index (χ4n) is 8.94. The van der Waals surface area contributed by atoms with Crippen LogP contribution in [0.3, 0.4) is 0 Å². The Labute approximate surface area is 463 Å². The molecular weight excluding hydrogens is 935 g/mol. The summed E-state index contributed by atoms with van der Waals surface area (Å²) in [6.07, 6.45) is 70.5. The van der Waals surface area contributed by atoms with Crippen molar-refractivity contribution in [3.05, 3.63) is 60.8 Å². The summed E-state index contributed by atoms with van der Waals surface area (Å²) in [4.78, 5) is 37.4. The van der Waals surface area contributed by atoms with E-state index >= 15 is 0 Å². The molecule has 2 unspecified atom stereocenters. The maximum atomic E-state index is 12.9. The molecule has 0 aliphatic heterocycles. The number of quaternary nitrogens is 1. The molecule has 0 spiro atoms. The Morgan fingerprint density at radius 2 is 0.760 bits per heavy atom. The maximum Gasteiger partial charge on any atom is 0.361 e. The van der Waals surface area contributed by atoms with Crippen LogP contribution in [0.2, 0.25) is 0 Å². The molecule has 0 heterocycles. The smallest absolute Gasteiger partial charge is 0.361 e. The number of carboxylic acids is 1. The van der Waals surface area contributed by atoms with Crippen LogP contribution in [0.1, 0.15) is 284 Å². The summed E-state index contributed by atoms with van der Waals surface area (Å²) in [6, 6.07) is 0. The van der Waals surface area contributed by atoms with E-state index in [0.717, 1.165) is 70.6 Å². The van der Waals surface area contributed by atoms with Crippen LogP contribution in [0.4, 0.5) is 0 Å². The molecule has 0 amide bonds. The summed E-state index contributed by atoms with van der Waals surface area (Å²) < 4.78 is 22.9. The minimum atomic E-state index is -1.52. The first-order valence-corrected chi connectivity index (χ1v) is 31.5. The quantitative estimate of drug-likeness (QED) is 0.0211. The molecular formula is C66H120NO8+. The van der Waals surface area contributed by atoms with E-state index in [1.54, 1.807) is 0 Å². The van der Waals surface area contributed by atoms with Gasteiger partial charge in [-0.2, -0.15) is 0 Å². The second kappa shape index (κ2) is 57.2. The van der Waals surface area contributed by atoms with Gasteiger partial charge in [0.2, 0.25) is 0 Å². The summed E-state index contributed by atoms with van der Waals surface area (Å²) in [5, 5.41) is 9.70. The second-order valence-electron chi connectivity index (χ2n) is 22.3. The number of aliphatic carboxylic acids is 1. The van der Waals surface area contributed by atoms with Crippen LogP contribution in [0.25, 0.3) is 0 Å². The third kappa shape index (κ3) is 58.5. The van der Waals surface area contributed by atoms with Crippen LogP contribution >= 0.6 is 0 Å². The first kappa shape index (κ1) is 72.0. The van der Waals surface area contributed by atoms with E-state index in [9.17, 15) is 19.5 Å². The highest BCUT2D eigenvalue weighted by Crippen LogP contribution is 2.17. The fourth-order valence-corrected chi connectivity index (χ4v) is 8.94. The molecule has 0 saturated carbocycles. The first-order chi connectivity index (χ1) is 36.6. The molecule has 0 aliphatic carbocycles. The number of allylic oxidation sites excluding steroid dienone is 10. The summed E-state index contributed by atoms with van der Waals surface area (Å²) in [5.74, 6) is -2.03. The second-order valence-corrected chi connectivity index (χ2v) is 22.3. The molecule has 9 nitrogen and oxygen atoms in total. The number of unbranched alkanes of at least 4 members (excludes halogenated alkanes) is 33. The summed E-state index contributed by atoms with van der Waals surface area (Å²) >= 11 is 0. The Balaban J connectivity index is 4.07. The average Bonchev–Trinajstić information content (AvgIpc) is 3.38. The zero-order valence-electron chi connectivity index (χ0n) is 49.7. The van der Waals surface area contributed by atoms with E-state index in [-0.39, 0.29) is 32.2 Å². The minimum Gasteiger partial charge on any atom is -0.477 e. The van der Waals surface area contributed by atoms with Crippen molar-refractivity contribution in [1.82, 2.24) is 0 Å². The Hall–Kier alpha value is -3.01. The van der Waals surface area contributed by atoms with Gasteiger partial charge in [0.15, 0.2) is 6.10 Å². The van der Waals surface area contributed by atoms with Crippen LogP contribution in [0.5, 0.6) is 0 Å². The highest BCUT2D eigenvalue weighted by molar-refractivity contribution is 5.71. The van der Waals surface area contributed by atoms with E-state index < -0.39 is 24.3 Å². The Morgan fingerprint density at radius 1 is 0.413 bits per heavy atom. The van der Waals surface area contributed by atoms with Crippen molar-refractivity contribution < 1.29 is 42.9 Å². The Kier molecular flexibility index (Phi) is 54.9. The van der Waals surface area contributed by atoms with Gasteiger partial charge in [0, 0.05) is 12.8 Å². The average molecular weight is 1060 g/mol. The minimum absolute atomic E-state index is 0.182. The molecule has 1 N–H and O–H groups in total. The number of hydrogen-bond acceptors (Lipinski definition) is 7. The van der Waals surface area contributed by atoms with E-state index in [1.807, 2.05) is 21.1 Å². The molecule has 75 heavy (non-hydrogen) atoms. The molecule has 0 aliphatic rings. The largest absolute Gasteiger partial charge is 0.477 e. The van der Waals surface area contributed by atoms with Crippen LogP contribution in [0.15, 0.2) is 60.8 Å². The number of ether oxygens (including phenoxy) is 4. The van der Waals surface area contributed by atoms with Gasteiger partial charge in [-0.25, -0.2) is 4.79 Å². The van der Waals surface area contributed by atoms with E-state index in [4.69, 9.17) is 18.9 Å². The van der Waals surface area contributed by atoms with Gasteiger partial charge >= 0.3 is 17.9 Å². The van der Waals surface area contributed by atoms with Gasteiger partial charge in [-0.05, 0) is 77.0 Å². The predicted octanol–water partition coefficient (Wildman–Crippen LogP) is 18.8. The zero-order chi connectivity index (χ0) is 54.8. The van der Waals surface area contributed by atoms with Crippen LogP contribution in [-0.4, -0.2) is 87.4 Å². The molecule has 0 radical (unpaired) electrons. The number of rotatable bonds is 58. The van der Waals surface area contributed by atoms with Crippen LogP contribution in [0, 0.1) is 0 Å². The van der Waals surface area contributed by atoms with E-state index in [1.165, 1.54) is 180 Å². The maximum absolute atomic E-state index is 12.9. The molecule has 436 valence electrons. The molecule has 9 heteroatoms. The number of carbonyl (C=O) groups excluding carboxylic acids is 2. The van der Waals surface area contributed by atoms with Gasteiger partial charge in [0.1, 0.15) is 13.2 Å². The summed E-state index contributed by atoms with van der Waals surface area (Å²) in [6.45, 7) is 4.76. The molecule has 0 aromatic rings. The van der Waals surface area contributed by atoms with Crippen molar-refractivity contribution in [2.24, 2.45) is 0 Å². The molecule has 0 rings (SSSR count). The van der Waals surface area contributed by atoms with Crippen LogP contribution < -0.4 is 0 Å². The third-order valence-electron chi connectivity index (χ3n) is 13.8. The molecule has 2 atom stereocenters. The van der Waals surface area contributed by atoms with Crippen molar-refractivity contribution in [2.75, 3.05) is 47.5 Å². The van der Waals surface area contributed by atoms with Crippen molar-refractivity contribution in [3.63, 3.8) is 0 Å². The number of nitrogens with zero attached hydrogens (tertiary/aromatic N) is 1. The van der Waals surface area contributed by atoms with Gasteiger partial charge < -0.3 is 28.5 Å². The molecule has 0 bridgehead atoms. The number of carboxylic acid groups (broad SMARTS) is 1. The highest BCUT2D eigenvalue weighted by Gasteiger charge is 2.25. The normalized spacial score (nSPS) is 13.1. The lowest BCUT2D eigenvalue weighted by atomic mass is 10.0. The SMILES string of the molecule is CC/C=C\C/C=C\C/C=C\C/C=C\CCCCCCC(=O)OC(COC(=O)CCCCCCCCCCCCCCCCCCCCCCC/C=C\CCCCCCCCCC)COC(OCC[N+](C)(C)C)C(=O)O. The summed E-state index contributed by atoms with van der Waals surface area (Å²) in [5.41, 5.74) is 0. The molecule has 0 saturated heterocycles. The zero-order valence-corrected chi connectivity index (χ0v) is 49.7. The number of hydrogen-bond donors (Lipinski definition) is 1.